The fourth-order valence-electron chi connectivity index (χ4n) is 3.96. The van der Waals surface area contributed by atoms with Crippen molar-refractivity contribution in [1.82, 2.24) is 4.98 Å². The Labute approximate surface area is 165 Å². The molecule has 0 unspecified atom stereocenters. The number of hydrogen-bond acceptors (Lipinski definition) is 5. The number of aromatic nitrogens is 1. The maximum Gasteiger partial charge on any atom is 0.339 e. The normalized spacial score (nSPS) is 12.9. The van der Waals surface area contributed by atoms with Crippen molar-refractivity contribution >= 4 is 27.6 Å². The molecule has 0 saturated heterocycles. The lowest BCUT2D eigenvalue weighted by Gasteiger charge is -2.16. The average Bonchev–Trinajstić information content (AvgIpc) is 3.11. The summed E-state index contributed by atoms with van der Waals surface area (Å²) in [6, 6.07) is 11.8. The van der Waals surface area contributed by atoms with Gasteiger partial charge in [0.2, 0.25) is 0 Å². The first kappa shape index (κ1) is 17.4. The van der Waals surface area contributed by atoms with Crippen LogP contribution in [0.5, 0.6) is 11.5 Å². The zero-order chi connectivity index (χ0) is 20.1. The Hall–Kier alpha value is -3.67. The molecule has 6 heteroatoms. The molecule has 29 heavy (non-hydrogen) atoms. The number of carbonyl (C=O) groups excluding carboxylic acids is 1. The number of esters is 1. The van der Waals surface area contributed by atoms with Crippen LogP contribution in [0.4, 0.5) is 4.39 Å². The molecule has 0 aliphatic carbocycles. The molecule has 1 aliphatic rings. The van der Waals surface area contributed by atoms with Crippen LogP contribution in [-0.2, 0) is 11.3 Å². The Kier molecular flexibility index (Phi) is 3.87. The van der Waals surface area contributed by atoms with Gasteiger partial charge in [-0.1, -0.05) is 0 Å². The van der Waals surface area contributed by atoms with Crippen LogP contribution in [0.15, 0.2) is 48.7 Å². The van der Waals surface area contributed by atoms with E-state index in [1.54, 1.807) is 32.5 Å². The molecule has 0 amide bonds. The van der Waals surface area contributed by atoms with E-state index >= 15 is 0 Å². The Morgan fingerprint density at radius 2 is 1.76 bits per heavy atom. The second-order valence-electron chi connectivity index (χ2n) is 6.81. The van der Waals surface area contributed by atoms with Gasteiger partial charge in [-0.25, -0.2) is 9.18 Å². The zero-order valence-electron chi connectivity index (χ0n) is 15.8. The van der Waals surface area contributed by atoms with Gasteiger partial charge in [-0.05, 0) is 58.8 Å². The summed E-state index contributed by atoms with van der Waals surface area (Å²) in [7, 11) is 3.13. The van der Waals surface area contributed by atoms with E-state index in [2.05, 4.69) is 4.98 Å². The summed E-state index contributed by atoms with van der Waals surface area (Å²) < 4.78 is 30.3. The summed E-state index contributed by atoms with van der Waals surface area (Å²) in [5.74, 6) is 0.359. The lowest BCUT2D eigenvalue weighted by molar-refractivity contribution is 0.0535. The second kappa shape index (κ2) is 6.44. The number of fused-ring (bicyclic) bond motifs is 3. The van der Waals surface area contributed by atoms with E-state index in [-0.39, 0.29) is 12.4 Å². The lowest BCUT2D eigenvalue weighted by Crippen LogP contribution is -2.00. The zero-order valence-corrected chi connectivity index (χ0v) is 15.8. The van der Waals surface area contributed by atoms with E-state index in [9.17, 15) is 9.18 Å². The highest BCUT2D eigenvalue weighted by atomic mass is 19.1. The summed E-state index contributed by atoms with van der Waals surface area (Å²) >= 11 is 0. The number of ether oxygens (including phenoxy) is 3. The largest absolute Gasteiger partial charge is 0.493 e. The van der Waals surface area contributed by atoms with Crippen molar-refractivity contribution in [2.45, 2.75) is 6.61 Å². The molecule has 4 aromatic rings. The van der Waals surface area contributed by atoms with Crippen molar-refractivity contribution < 1.29 is 23.4 Å². The number of methoxy groups -OCH3 is 2. The van der Waals surface area contributed by atoms with Gasteiger partial charge in [0.15, 0.2) is 11.5 Å². The van der Waals surface area contributed by atoms with Gasteiger partial charge in [0.25, 0.3) is 0 Å². The van der Waals surface area contributed by atoms with Crippen LogP contribution >= 0.6 is 0 Å². The molecule has 0 N–H and O–H groups in total. The Morgan fingerprint density at radius 1 is 0.966 bits per heavy atom. The third-order valence-corrected chi connectivity index (χ3v) is 5.26. The fraction of sp³-hybridized carbons (Fsp3) is 0.130. The van der Waals surface area contributed by atoms with Gasteiger partial charge in [-0.15, -0.1) is 0 Å². The van der Waals surface area contributed by atoms with E-state index in [1.165, 1.54) is 12.1 Å². The van der Waals surface area contributed by atoms with Crippen molar-refractivity contribution in [2.75, 3.05) is 14.2 Å². The topological polar surface area (TPSA) is 57.7 Å². The second-order valence-corrected chi connectivity index (χ2v) is 6.81. The summed E-state index contributed by atoms with van der Waals surface area (Å²) in [5, 5.41) is 2.28. The van der Waals surface area contributed by atoms with Crippen molar-refractivity contribution in [3.63, 3.8) is 0 Å². The molecule has 0 radical (unpaired) electrons. The molecule has 2 heterocycles. The number of carbonyl (C=O) groups is 1. The van der Waals surface area contributed by atoms with Gasteiger partial charge in [-0.3, -0.25) is 4.98 Å². The number of nitrogens with zero attached hydrogens (tertiary/aromatic N) is 1. The smallest absolute Gasteiger partial charge is 0.339 e. The molecule has 0 atom stereocenters. The summed E-state index contributed by atoms with van der Waals surface area (Å²) in [4.78, 5) is 17.0. The molecule has 5 nitrogen and oxygen atoms in total. The molecule has 0 bridgehead atoms. The van der Waals surface area contributed by atoms with Crippen LogP contribution < -0.4 is 9.47 Å². The van der Waals surface area contributed by atoms with Crippen LogP contribution in [0.25, 0.3) is 32.8 Å². The highest BCUT2D eigenvalue weighted by Gasteiger charge is 2.29. The number of hydrogen-bond donors (Lipinski definition) is 0. The van der Waals surface area contributed by atoms with Crippen molar-refractivity contribution in [1.29, 1.82) is 0 Å². The third-order valence-electron chi connectivity index (χ3n) is 5.26. The number of rotatable bonds is 3. The van der Waals surface area contributed by atoms with Crippen molar-refractivity contribution in [2.24, 2.45) is 0 Å². The van der Waals surface area contributed by atoms with E-state index < -0.39 is 5.97 Å². The van der Waals surface area contributed by atoms with Crippen LogP contribution in [-0.4, -0.2) is 25.2 Å². The maximum absolute atomic E-state index is 14.1. The molecule has 1 aliphatic heterocycles. The molecule has 5 rings (SSSR count). The van der Waals surface area contributed by atoms with Gasteiger partial charge >= 0.3 is 5.97 Å². The molecule has 1 aromatic heterocycles. The Balaban J connectivity index is 1.96. The molecule has 144 valence electrons. The van der Waals surface area contributed by atoms with Gasteiger partial charge in [0, 0.05) is 22.7 Å². The average molecular weight is 389 g/mol. The van der Waals surface area contributed by atoms with Gasteiger partial charge < -0.3 is 14.2 Å². The molecule has 0 fully saturated rings. The van der Waals surface area contributed by atoms with Gasteiger partial charge in [-0.2, -0.15) is 0 Å². The monoisotopic (exact) mass is 389 g/mol. The summed E-state index contributed by atoms with van der Waals surface area (Å²) in [6.45, 7) is 0.197. The summed E-state index contributed by atoms with van der Waals surface area (Å²) in [6.07, 6.45) is 1.65. The Bertz CT molecular complexity index is 1320. The first-order valence-corrected chi connectivity index (χ1v) is 9.04. The van der Waals surface area contributed by atoms with E-state index in [0.717, 1.165) is 16.3 Å². The third kappa shape index (κ3) is 2.60. The molecule has 0 spiro atoms. The first-order valence-electron chi connectivity index (χ1n) is 9.04. The summed E-state index contributed by atoms with van der Waals surface area (Å²) in [5.41, 5.74) is 3.30. The predicted octanol–water partition coefficient (Wildman–Crippen LogP) is 4.88. The maximum atomic E-state index is 14.1. The minimum atomic E-state index is -0.395. The molecular weight excluding hydrogens is 373 g/mol. The van der Waals surface area contributed by atoms with Crippen LogP contribution in [0, 0.1) is 5.82 Å². The first-order chi connectivity index (χ1) is 14.1. The van der Waals surface area contributed by atoms with Crippen molar-refractivity contribution in [3.05, 3.63) is 65.6 Å². The number of benzene rings is 3. The molecule has 3 aromatic carbocycles. The standard InChI is InChI=1S/C23H16FNO4/c1-27-19-8-12-7-13-11-29-23(26)21(13)22(16(12)10-20(19)28-2)15-5-6-25-18-4-3-14(24)9-17(15)18/h3-10H,11H2,1-2H3. The van der Waals surface area contributed by atoms with Gasteiger partial charge in [0.1, 0.15) is 12.4 Å². The number of cyclic esters (lactones) is 1. The molecule has 0 saturated carbocycles. The quantitative estimate of drug-likeness (QED) is 0.468. The fourth-order valence-corrected chi connectivity index (χ4v) is 3.96. The highest BCUT2D eigenvalue weighted by molar-refractivity contribution is 6.14. The van der Waals surface area contributed by atoms with E-state index in [4.69, 9.17) is 14.2 Å². The van der Waals surface area contributed by atoms with E-state index in [0.29, 0.717) is 39.1 Å². The lowest BCUT2D eigenvalue weighted by atomic mass is 9.89. The predicted molar refractivity (Wildman–Crippen MR) is 107 cm³/mol. The minimum absolute atomic E-state index is 0.197. The van der Waals surface area contributed by atoms with E-state index in [1.807, 2.05) is 18.2 Å². The number of pyridine rings is 1. The van der Waals surface area contributed by atoms with Crippen LogP contribution in [0.1, 0.15) is 15.9 Å². The van der Waals surface area contributed by atoms with Crippen molar-refractivity contribution in [3.8, 4) is 22.6 Å². The van der Waals surface area contributed by atoms with Gasteiger partial charge in [0.05, 0.1) is 25.3 Å². The van der Waals surface area contributed by atoms with Crippen LogP contribution in [0.3, 0.4) is 0 Å². The SMILES string of the molecule is COc1cc2cc3c(c(-c4ccnc5ccc(F)cc45)c2cc1OC)C(=O)OC3. The Morgan fingerprint density at radius 3 is 2.55 bits per heavy atom. The highest BCUT2D eigenvalue weighted by Crippen LogP contribution is 2.43. The minimum Gasteiger partial charge on any atom is -0.493 e. The molecular formula is C23H16FNO4. The number of halogens is 1. The van der Waals surface area contributed by atoms with Crippen LogP contribution in [0.2, 0.25) is 0 Å².